The third kappa shape index (κ3) is 2.68. The van der Waals surface area contributed by atoms with Gasteiger partial charge in [0.15, 0.2) is 5.75 Å². The van der Waals surface area contributed by atoms with Crippen molar-refractivity contribution in [3.63, 3.8) is 0 Å². The van der Waals surface area contributed by atoms with Gasteiger partial charge in [0.25, 0.3) is 5.24 Å². The van der Waals surface area contributed by atoms with Gasteiger partial charge in [-0.15, -0.1) is 0 Å². The number of rotatable bonds is 3. The summed E-state index contributed by atoms with van der Waals surface area (Å²) in [5, 5.41) is -0.377. The number of halogens is 3. The van der Waals surface area contributed by atoms with Crippen molar-refractivity contribution < 1.29 is 8.98 Å². The SMILES string of the molecule is O=C(Cl)c1ccc(OSP)c(Cl)c1Cl. The van der Waals surface area contributed by atoms with Gasteiger partial charge in [0.2, 0.25) is 0 Å². The maximum Gasteiger partial charge on any atom is 0.253 e. The van der Waals surface area contributed by atoms with Crippen LogP contribution < -0.4 is 4.18 Å². The molecular formula is C7H4Cl3O2PS. The van der Waals surface area contributed by atoms with E-state index in [0.29, 0.717) is 5.75 Å². The Kier molecular flexibility index (Phi) is 4.81. The second kappa shape index (κ2) is 5.43. The summed E-state index contributed by atoms with van der Waals surface area (Å²) in [6.07, 6.45) is 0. The monoisotopic (exact) mass is 288 g/mol. The van der Waals surface area contributed by atoms with Crippen LogP contribution in [0.1, 0.15) is 10.4 Å². The molecule has 0 bridgehead atoms. The molecule has 1 aromatic rings. The topological polar surface area (TPSA) is 26.3 Å². The van der Waals surface area contributed by atoms with Crippen molar-refractivity contribution in [2.75, 3.05) is 0 Å². The number of carbonyl (C=O) groups is 1. The molecule has 0 aliphatic rings. The van der Waals surface area contributed by atoms with Crippen molar-refractivity contribution in [1.82, 2.24) is 0 Å². The lowest BCUT2D eigenvalue weighted by atomic mass is 10.2. The van der Waals surface area contributed by atoms with Gasteiger partial charge in [0, 0.05) is 0 Å². The molecule has 0 aromatic heterocycles. The predicted octanol–water partition coefficient (Wildman–Crippen LogP) is 4.19. The molecule has 0 aliphatic heterocycles. The minimum absolute atomic E-state index is 0.100. The lowest BCUT2D eigenvalue weighted by Gasteiger charge is -2.06. The molecule has 0 amide bonds. The van der Waals surface area contributed by atoms with Gasteiger partial charge in [0.1, 0.15) is 5.02 Å². The highest BCUT2D eigenvalue weighted by Gasteiger charge is 2.14. The summed E-state index contributed by atoms with van der Waals surface area (Å²) in [5.74, 6) is 0.387. The van der Waals surface area contributed by atoms with Crippen LogP contribution in [0.3, 0.4) is 0 Å². The quantitative estimate of drug-likeness (QED) is 0.474. The molecule has 1 atom stereocenters. The van der Waals surface area contributed by atoms with E-state index in [0.717, 1.165) is 11.7 Å². The van der Waals surface area contributed by atoms with Crippen LogP contribution in [0, 0.1) is 0 Å². The normalized spacial score (nSPS) is 10.0. The van der Waals surface area contributed by atoms with E-state index >= 15 is 0 Å². The summed E-state index contributed by atoms with van der Waals surface area (Å²) < 4.78 is 5.06. The number of hydrogen-bond acceptors (Lipinski definition) is 3. The van der Waals surface area contributed by atoms with Gasteiger partial charge < -0.3 is 4.18 Å². The molecule has 1 aromatic carbocycles. The lowest BCUT2D eigenvalue weighted by molar-refractivity contribution is 0.108. The van der Waals surface area contributed by atoms with E-state index in [1.54, 1.807) is 0 Å². The van der Waals surface area contributed by atoms with Crippen LogP contribution in [0.15, 0.2) is 12.1 Å². The van der Waals surface area contributed by atoms with E-state index in [4.69, 9.17) is 39.0 Å². The van der Waals surface area contributed by atoms with Gasteiger partial charge in [0.05, 0.1) is 22.2 Å². The highest BCUT2D eigenvalue weighted by Crippen LogP contribution is 2.37. The van der Waals surface area contributed by atoms with Crippen LogP contribution in [0.5, 0.6) is 5.75 Å². The van der Waals surface area contributed by atoms with Crippen molar-refractivity contribution in [2.24, 2.45) is 0 Å². The van der Waals surface area contributed by atoms with Gasteiger partial charge in [-0.3, -0.25) is 4.79 Å². The molecule has 0 N–H and O–H groups in total. The maximum atomic E-state index is 10.9. The molecule has 0 radical (unpaired) electrons. The van der Waals surface area contributed by atoms with Crippen molar-refractivity contribution in [2.45, 2.75) is 0 Å². The van der Waals surface area contributed by atoms with Crippen molar-refractivity contribution >= 4 is 60.1 Å². The van der Waals surface area contributed by atoms with Crippen LogP contribution in [-0.4, -0.2) is 5.24 Å². The molecule has 0 spiro atoms. The average molecular weight is 290 g/mol. The summed E-state index contributed by atoms with van der Waals surface area (Å²) >= 11 is 18.0. The Morgan fingerprint density at radius 3 is 2.50 bits per heavy atom. The molecule has 1 unspecified atom stereocenters. The zero-order valence-electron chi connectivity index (χ0n) is 6.59. The minimum Gasteiger partial charge on any atom is -0.420 e. The molecular weight excluding hydrogens is 285 g/mol. The third-order valence-electron chi connectivity index (χ3n) is 1.40. The molecule has 0 saturated carbocycles. The van der Waals surface area contributed by atoms with E-state index < -0.39 is 5.24 Å². The first-order chi connectivity index (χ1) is 6.57. The van der Waals surface area contributed by atoms with Gasteiger partial charge >= 0.3 is 0 Å². The van der Waals surface area contributed by atoms with E-state index in [9.17, 15) is 4.79 Å². The fourth-order valence-electron chi connectivity index (χ4n) is 0.800. The maximum absolute atomic E-state index is 10.9. The Morgan fingerprint density at radius 1 is 1.36 bits per heavy atom. The second-order valence-corrected chi connectivity index (χ2v) is 4.23. The Bertz CT molecular complexity index is 372. The minimum atomic E-state index is -0.651. The highest BCUT2D eigenvalue weighted by molar-refractivity contribution is 8.41. The van der Waals surface area contributed by atoms with Crippen LogP contribution in [0.25, 0.3) is 0 Å². The summed E-state index contributed by atoms with van der Waals surface area (Å²) in [4.78, 5) is 10.9. The summed E-state index contributed by atoms with van der Waals surface area (Å²) in [6, 6.07) is 2.99. The fraction of sp³-hybridized carbons (Fsp3) is 0. The lowest BCUT2D eigenvalue weighted by Crippen LogP contribution is -1.92. The third-order valence-corrected chi connectivity index (χ3v) is 3.03. The number of hydrogen-bond donors (Lipinski definition) is 0. The zero-order valence-corrected chi connectivity index (χ0v) is 10.8. The van der Waals surface area contributed by atoms with Gasteiger partial charge in [-0.2, -0.15) is 0 Å². The summed E-state index contributed by atoms with van der Waals surface area (Å²) in [7, 11) is 2.30. The van der Waals surface area contributed by atoms with Gasteiger partial charge in [-0.1, -0.05) is 23.2 Å². The Balaban J connectivity index is 3.19. The van der Waals surface area contributed by atoms with Crippen molar-refractivity contribution in [3.8, 4) is 5.75 Å². The van der Waals surface area contributed by atoms with Crippen LogP contribution in [0.4, 0.5) is 0 Å². The van der Waals surface area contributed by atoms with E-state index in [1.807, 2.05) is 0 Å². The number of carbonyl (C=O) groups excluding carboxylic acids is 1. The average Bonchev–Trinajstić information content (AvgIpc) is 2.13. The molecule has 0 aliphatic carbocycles. The first kappa shape index (κ1) is 12.4. The molecule has 14 heavy (non-hydrogen) atoms. The predicted molar refractivity (Wildman–Crippen MR) is 64.6 cm³/mol. The first-order valence-corrected chi connectivity index (χ1v) is 6.64. The molecule has 0 fully saturated rings. The Hall–Kier alpha value is 0.340. The molecule has 7 heteroatoms. The van der Waals surface area contributed by atoms with Crippen LogP contribution >= 0.6 is 54.9 Å². The van der Waals surface area contributed by atoms with E-state index in [2.05, 4.69) is 8.44 Å². The first-order valence-electron chi connectivity index (χ1n) is 3.29. The van der Waals surface area contributed by atoms with Crippen molar-refractivity contribution in [1.29, 1.82) is 0 Å². The second-order valence-electron chi connectivity index (χ2n) is 2.19. The van der Waals surface area contributed by atoms with Crippen LogP contribution in [-0.2, 0) is 0 Å². The summed E-state index contributed by atoms with van der Waals surface area (Å²) in [6.45, 7) is 0. The molecule has 76 valence electrons. The summed E-state index contributed by atoms with van der Waals surface area (Å²) in [5.41, 5.74) is 0.166. The smallest absolute Gasteiger partial charge is 0.253 e. The largest absolute Gasteiger partial charge is 0.420 e. The van der Waals surface area contributed by atoms with Crippen LogP contribution in [0.2, 0.25) is 10.0 Å². The number of benzene rings is 1. The zero-order chi connectivity index (χ0) is 10.7. The highest BCUT2D eigenvalue weighted by atomic mass is 35.5. The van der Waals surface area contributed by atoms with E-state index in [-0.39, 0.29) is 15.6 Å². The molecule has 1 rings (SSSR count). The Morgan fingerprint density at radius 2 is 2.00 bits per heavy atom. The van der Waals surface area contributed by atoms with Gasteiger partial charge in [-0.25, -0.2) is 0 Å². The molecule has 0 saturated heterocycles. The molecule has 2 nitrogen and oxygen atoms in total. The Labute approximate surface area is 102 Å². The van der Waals surface area contributed by atoms with Gasteiger partial charge in [-0.05, 0) is 32.2 Å². The van der Waals surface area contributed by atoms with Crippen molar-refractivity contribution in [3.05, 3.63) is 27.7 Å². The van der Waals surface area contributed by atoms with E-state index in [1.165, 1.54) is 12.1 Å². The standard InChI is InChI=1S/C7H4Cl3O2PS/c8-5-3(7(10)11)1-2-4(6(5)9)12-14-13/h1-2H,13H2. The fourth-order valence-corrected chi connectivity index (χ4v) is 2.05. The molecule has 0 heterocycles.